The van der Waals surface area contributed by atoms with Crippen molar-refractivity contribution in [1.82, 2.24) is 18.9 Å². The Balaban J connectivity index is 1.86. The molecule has 0 spiro atoms. The molecule has 0 atom stereocenters. The lowest BCUT2D eigenvalue weighted by Gasteiger charge is -2.14. The molecule has 1 aromatic carbocycles. The van der Waals surface area contributed by atoms with E-state index in [1.165, 1.54) is 22.9 Å². The number of fused-ring (bicyclic) bond motifs is 1. The molecule has 3 aromatic rings. The Kier molecular flexibility index (Phi) is 4.75. The van der Waals surface area contributed by atoms with Gasteiger partial charge in [-0.05, 0) is 18.2 Å². The van der Waals surface area contributed by atoms with E-state index in [2.05, 4.69) is 5.10 Å². The van der Waals surface area contributed by atoms with E-state index in [1.54, 1.807) is 0 Å². The van der Waals surface area contributed by atoms with Crippen LogP contribution in [-0.4, -0.2) is 38.4 Å². The minimum absolute atomic E-state index is 0.0860. The van der Waals surface area contributed by atoms with Crippen molar-refractivity contribution >= 4 is 22.5 Å². The third-order valence-corrected chi connectivity index (χ3v) is 4.85. The third kappa shape index (κ3) is 3.45. The van der Waals surface area contributed by atoms with E-state index in [1.807, 2.05) is 0 Å². The molecule has 1 saturated heterocycles. The topological polar surface area (TPSA) is 80.3 Å². The molecule has 0 bridgehead atoms. The van der Waals surface area contributed by atoms with Crippen LogP contribution in [0.1, 0.15) is 5.69 Å². The van der Waals surface area contributed by atoms with Gasteiger partial charge in [-0.25, -0.2) is 9.36 Å². The van der Waals surface area contributed by atoms with Crippen molar-refractivity contribution < 1.29 is 22.6 Å². The summed E-state index contributed by atoms with van der Waals surface area (Å²) in [6.07, 6.45) is -5.36. The molecule has 12 heteroatoms. The van der Waals surface area contributed by atoms with Crippen LogP contribution in [0.5, 0.6) is 0 Å². The highest BCUT2D eigenvalue weighted by molar-refractivity contribution is 6.34. The zero-order chi connectivity index (χ0) is 20.9. The first kappa shape index (κ1) is 19.7. The molecule has 1 fully saturated rings. The van der Waals surface area contributed by atoms with Crippen LogP contribution >= 0.6 is 11.6 Å². The highest BCUT2D eigenvalue weighted by atomic mass is 35.5. The summed E-state index contributed by atoms with van der Waals surface area (Å²) < 4.78 is 52.4. The van der Waals surface area contributed by atoms with Crippen LogP contribution in [0.15, 0.2) is 33.9 Å². The lowest BCUT2D eigenvalue weighted by atomic mass is 10.2. The zero-order valence-electron chi connectivity index (χ0n) is 14.9. The van der Waals surface area contributed by atoms with Crippen LogP contribution in [0, 0.1) is 0 Å². The number of alkyl halides is 3. The number of halogens is 4. The number of hydrogen-bond donors (Lipinski definition) is 0. The van der Waals surface area contributed by atoms with Crippen LogP contribution in [0.25, 0.3) is 16.6 Å². The number of rotatable bonds is 3. The molecule has 0 unspecified atom stereocenters. The van der Waals surface area contributed by atoms with E-state index in [0.717, 1.165) is 7.05 Å². The highest BCUT2D eigenvalue weighted by Gasteiger charge is 2.35. The summed E-state index contributed by atoms with van der Waals surface area (Å²) in [4.78, 5) is 24.8. The number of benzene rings is 1. The van der Waals surface area contributed by atoms with E-state index in [9.17, 15) is 22.8 Å². The molecule has 1 aliphatic heterocycles. The number of ether oxygens (including phenoxy) is 2. The SMILES string of the molecule is Cn1c(C(F)(F)F)cc(=O)n(-c2ccc3c(Cl)nn(CC4OCCO4)c3c2)c1=O. The monoisotopic (exact) mass is 430 g/mol. The largest absolute Gasteiger partial charge is 0.431 e. The van der Waals surface area contributed by atoms with E-state index in [-0.39, 0.29) is 17.4 Å². The van der Waals surface area contributed by atoms with E-state index < -0.39 is 29.4 Å². The second kappa shape index (κ2) is 7.01. The molecule has 4 rings (SSSR count). The number of aromatic nitrogens is 4. The Hall–Kier alpha value is -2.63. The van der Waals surface area contributed by atoms with Crippen molar-refractivity contribution in [3.8, 4) is 5.69 Å². The summed E-state index contributed by atoms with van der Waals surface area (Å²) in [5.41, 5.74) is -2.99. The normalized spacial score (nSPS) is 15.5. The molecule has 0 amide bonds. The molecule has 0 saturated carbocycles. The van der Waals surface area contributed by atoms with Crippen molar-refractivity contribution in [2.24, 2.45) is 7.05 Å². The number of hydrogen-bond acceptors (Lipinski definition) is 5. The Labute approximate surface area is 165 Å². The molecule has 2 aromatic heterocycles. The standard InChI is InChI=1S/C17H14ClF3N4O4/c1-23-12(17(19,20)21)7-13(26)25(16(23)27)9-2-3-10-11(6-9)24(22-15(10)18)8-14-28-4-5-29-14/h2-3,6-7,14H,4-5,8H2,1H3. The highest BCUT2D eigenvalue weighted by Crippen LogP contribution is 2.28. The van der Waals surface area contributed by atoms with Crippen molar-refractivity contribution in [3.05, 3.63) is 56.0 Å². The summed E-state index contributed by atoms with van der Waals surface area (Å²) in [5, 5.41) is 4.94. The molecule has 154 valence electrons. The molecule has 0 N–H and O–H groups in total. The number of nitrogens with zero attached hydrogens (tertiary/aromatic N) is 4. The Morgan fingerprint density at radius 3 is 2.55 bits per heavy atom. The minimum Gasteiger partial charge on any atom is -0.348 e. The average molecular weight is 431 g/mol. The van der Waals surface area contributed by atoms with Crippen LogP contribution in [0.3, 0.4) is 0 Å². The van der Waals surface area contributed by atoms with Crippen LogP contribution in [0.2, 0.25) is 5.15 Å². The van der Waals surface area contributed by atoms with Crippen LogP contribution in [-0.2, 0) is 29.2 Å². The maximum absolute atomic E-state index is 13.0. The van der Waals surface area contributed by atoms with Gasteiger partial charge in [-0.1, -0.05) is 11.6 Å². The summed E-state index contributed by atoms with van der Waals surface area (Å²) in [7, 11) is 0.954. The Morgan fingerprint density at radius 2 is 1.90 bits per heavy atom. The van der Waals surface area contributed by atoms with Gasteiger partial charge in [0.2, 0.25) is 0 Å². The van der Waals surface area contributed by atoms with Crippen LogP contribution in [0.4, 0.5) is 13.2 Å². The Bertz CT molecular complexity index is 1210. The van der Waals surface area contributed by atoms with Gasteiger partial charge in [0.05, 0.1) is 31.0 Å². The van der Waals surface area contributed by atoms with Gasteiger partial charge >= 0.3 is 11.9 Å². The smallest absolute Gasteiger partial charge is 0.348 e. The van der Waals surface area contributed by atoms with Gasteiger partial charge in [0.1, 0.15) is 5.69 Å². The van der Waals surface area contributed by atoms with E-state index in [0.29, 0.717) is 39.3 Å². The first-order chi connectivity index (χ1) is 13.7. The lowest BCUT2D eigenvalue weighted by molar-refractivity contribution is -0.144. The second-order valence-electron chi connectivity index (χ2n) is 6.39. The average Bonchev–Trinajstić information content (AvgIpc) is 3.26. The van der Waals surface area contributed by atoms with Gasteiger partial charge in [-0.15, -0.1) is 0 Å². The fraction of sp³-hybridized carbons (Fsp3) is 0.353. The van der Waals surface area contributed by atoms with E-state index >= 15 is 0 Å². The van der Waals surface area contributed by atoms with Crippen molar-refractivity contribution in [2.45, 2.75) is 19.0 Å². The molecule has 29 heavy (non-hydrogen) atoms. The molecular formula is C17H14ClF3N4O4. The quantitative estimate of drug-likeness (QED) is 0.634. The first-order valence-electron chi connectivity index (χ1n) is 8.47. The maximum atomic E-state index is 13.0. The summed E-state index contributed by atoms with van der Waals surface area (Å²) in [5.74, 6) is 0. The second-order valence-corrected chi connectivity index (χ2v) is 6.75. The van der Waals surface area contributed by atoms with Gasteiger partial charge in [0.15, 0.2) is 11.4 Å². The summed E-state index contributed by atoms with van der Waals surface area (Å²) >= 11 is 6.15. The predicted octanol–water partition coefficient (Wildman–Crippen LogP) is 1.93. The Morgan fingerprint density at radius 1 is 1.21 bits per heavy atom. The molecular weight excluding hydrogens is 417 g/mol. The predicted molar refractivity (Wildman–Crippen MR) is 96.3 cm³/mol. The molecule has 3 heterocycles. The summed E-state index contributed by atoms with van der Waals surface area (Å²) in [6, 6.07) is 4.80. The summed E-state index contributed by atoms with van der Waals surface area (Å²) in [6.45, 7) is 1.10. The van der Waals surface area contributed by atoms with Gasteiger partial charge in [-0.3, -0.25) is 14.0 Å². The fourth-order valence-corrected chi connectivity index (χ4v) is 3.44. The molecule has 0 radical (unpaired) electrons. The zero-order valence-corrected chi connectivity index (χ0v) is 15.7. The van der Waals surface area contributed by atoms with Crippen molar-refractivity contribution in [2.75, 3.05) is 13.2 Å². The molecule has 1 aliphatic rings. The minimum atomic E-state index is -4.83. The fourth-order valence-electron chi connectivity index (χ4n) is 3.19. The third-order valence-electron chi connectivity index (χ3n) is 4.57. The molecule has 0 aliphatic carbocycles. The molecule has 8 nitrogen and oxygen atoms in total. The maximum Gasteiger partial charge on any atom is 0.431 e. The van der Waals surface area contributed by atoms with Gasteiger partial charge in [0, 0.05) is 18.5 Å². The lowest BCUT2D eigenvalue weighted by Crippen LogP contribution is -2.40. The van der Waals surface area contributed by atoms with Gasteiger partial charge in [-0.2, -0.15) is 18.3 Å². The van der Waals surface area contributed by atoms with Crippen molar-refractivity contribution in [1.29, 1.82) is 0 Å². The van der Waals surface area contributed by atoms with Gasteiger partial charge < -0.3 is 9.47 Å². The van der Waals surface area contributed by atoms with Crippen molar-refractivity contribution in [3.63, 3.8) is 0 Å². The van der Waals surface area contributed by atoms with Gasteiger partial charge in [0.25, 0.3) is 5.56 Å². The van der Waals surface area contributed by atoms with E-state index in [4.69, 9.17) is 21.1 Å². The van der Waals surface area contributed by atoms with Crippen LogP contribution < -0.4 is 11.2 Å². The first-order valence-corrected chi connectivity index (χ1v) is 8.84.